The lowest BCUT2D eigenvalue weighted by Crippen LogP contribution is -2.41. The van der Waals surface area contributed by atoms with Gasteiger partial charge in [-0.3, -0.25) is 14.2 Å². The summed E-state index contributed by atoms with van der Waals surface area (Å²) in [5.74, 6) is -0.637. The van der Waals surface area contributed by atoms with Crippen LogP contribution in [0.4, 0.5) is 16.0 Å². The predicted molar refractivity (Wildman–Crippen MR) is 136 cm³/mol. The molecular formula is C24H18Cl2FN7O2. The van der Waals surface area contributed by atoms with Crippen LogP contribution >= 0.6 is 23.2 Å². The van der Waals surface area contributed by atoms with Crippen molar-refractivity contribution in [2.24, 2.45) is 7.05 Å². The second kappa shape index (κ2) is 9.21. The van der Waals surface area contributed by atoms with Crippen LogP contribution in [0.3, 0.4) is 0 Å². The van der Waals surface area contributed by atoms with Crippen molar-refractivity contribution >= 4 is 45.7 Å². The molecule has 9 nitrogen and oxygen atoms in total. The third-order valence-corrected chi connectivity index (χ3v) is 5.94. The minimum Gasteiger partial charge on any atom is -0.324 e. The van der Waals surface area contributed by atoms with Crippen molar-refractivity contribution in [3.05, 3.63) is 103 Å². The quantitative estimate of drug-likeness (QED) is 0.368. The normalized spacial score (nSPS) is 11.2. The molecule has 3 heterocycles. The Morgan fingerprint density at radius 3 is 2.61 bits per heavy atom. The third kappa shape index (κ3) is 4.60. The molecule has 0 atom stereocenters. The monoisotopic (exact) mass is 525 g/mol. The summed E-state index contributed by atoms with van der Waals surface area (Å²) in [7, 11) is 1.78. The van der Waals surface area contributed by atoms with Gasteiger partial charge in [-0.25, -0.2) is 18.5 Å². The van der Waals surface area contributed by atoms with Crippen LogP contribution in [0, 0.1) is 12.7 Å². The molecule has 2 aromatic carbocycles. The van der Waals surface area contributed by atoms with Gasteiger partial charge < -0.3 is 5.32 Å². The topological polar surface area (TPSA) is 99.6 Å². The van der Waals surface area contributed by atoms with E-state index >= 15 is 0 Å². The summed E-state index contributed by atoms with van der Waals surface area (Å²) in [4.78, 5) is 34.8. The lowest BCUT2D eigenvalue weighted by molar-refractivity contribution is 0.617. The zero-order valence-electron chi connectivity index (χ0n) is 19.0. The molecule has 0 aliphatic rings. The SMILES string of the molecule is Cc1cncc(-n2c(=O)nc(Nc3cc4cn(C)nc4cc3Cl)n(Cc3cc(F)cc(Cl)c3)c2=O)c1. The second-order valence-electron chi connectivity index (χ2n) is 8.24. The van der Waals surface area contributed by atoms with Gasteiger partial charge in [-0.2, -0.15) is 10.1 Å². The van der Waals surface area contributed by atoms with Crippen LogP contribution in [0.25, 0.3) is 16.6 Å². The maximum absolute atomic E-state index is 14.0. The van der Waals surface area contributed by atoms with E-state index in [1.54, 1.807) is 49.2 Å². The van der Waals surface area contributed by atoms with E-state index < -0.39 is 17.2 Å². The molecule has 0 aliphatic heterocycles. The Labute approximate surface area is 213 Å². The maximum atomic E-state index is 14.0. The van der Waals surface area contributed by atoms with Crippen LogP contribution in [-0.2, 0) is 13.6 Å². The van der Waals surface area contributed by atoms with Crippen LogP contribution in [0.1, 0.15) is 11.1 Å². The molecule has 0 saturated heterocycles. The first-order valence-electron chi connectivity index (χ1n) is 10.7. The minimum atomic E-state index is -0.818. The summed E-state index contributed by atoms with van der Waals surface area (Å²) in [6.45, 7) is 1.66. The van der Waals surface area contributed by atoms with Gasteiger partial charge in [-0.05, 0) is 54.4 Å². The highest BCUT2D eigenvalue weighted by Gasteiger charge is 2.18. The number of benzene rings is 2. The molecule has 3 aromatic heterocycles. The van der Waals surface area contributed by atoms with Crippen molar-refractivity contribution in [2.75, 3.05) is 5.32 Å². The molecule has 5 rings (SSSR count). The molecule has 0 spiro atoms. The smallest absolute Gasteiger partial charge is 0.324 e. The van der Waals surface area contributed by atoms with Gasteiger partial charge in [0.1, 0.15) is 5.82 Å². The molecule has 182 valence electrons. The van der Waals surface area contributed by atoms with E-state index in [-0.39, 0.29) is 23.2 Å². The maximum Gasteiger partial charge on any atom is 0.359 e. The van der Waals surface area contributed by atoms with E-state index in [2.05, 4.69) is 20.4 Å². The van der Waals surface area contributed by atoms with Gasteiger partial charge in [0, 0.05) is 29.9 Å². The first-order valence-corrected chi connectivity index (χ1v) is 11.4. The predicted octanol–water partition coefficient (Wildman–Crippen LogP) is 4.22. The van der Waals surface area contributed by atoms with Crippen molar-refractivity contribution < 1.29 is 4.39 Å². The number of nitrogens with one attached hydrogen (secondary N) is 1. The molecule has 12 heteroatoms. The molecule has 0 amide bonds. The second-order valence-corrected chi connectivity index (χ2v) is 9.08. The van der Waals surface area contributed by atoms with Crippen molar-refractivity contribution in [1.82, 2.24) is 28.9 Å². The first kappa shape index (κ1) is 23.7. The Hall–Kier alpha value is -4.02. The molecule has 5 aromatic rings. The zero-order chi connectivity index (χ0) is 25.6. The summed E-state index contributed by atoms with van der Waals surface area (Å²) < 4.78 is 17.8. The average molecular weight is 526 g/mol. The average Bonchev–Trinajstić information content (AvgIpc) is 3.14. The molecule has 0 fully saturated rings. The van der Waals surface area contributed by atoms with Crippen molar-refractivity contribution in [3.63, 3.8) is 0 Å². The fourth-order valence-electron chi connectivity index (χ4n) is 3.88. The van der Waals surface area contributed by atoms with E-state index in [4.69, 9.17) is 23.2 Å². The molecule has 1 N–H and O–H groups in total. The summed E-state index contributed by atoms with van der Waals surface area (Å²) in [5.41, 5.74) is 0.963. The Balaban J connectivity index is 1.69. The fraction of sp³-hybridized carbons (Fsp3) is 0.125. The van der Waals surface area contributed by atoms with Crippen LogP contribution in [0.2, 0.25) is 10.0 Å². The third-order valence-electron chi connectivity index (χ3n) is 5.41. The number of nitrogens with zero attached hydrogens (tertiary/aromatic N) is 6. The highest BCUT2D eigenvalue weighted by Crippen LogP contribution is 2.29. The van der Waals surface area contributed by atoms with Gasteiger partial charge in [-0.1, -0.05) is 23.2 Å². The molecular weight excluding hydrogens is 508 g/mol. The first-order chi connectivity index (χ1) is 17.2. The lowest BCUT2D eigenvalue weighted by Gasteiger charge is -2.16. The molecule has 0 aliphatic carbocycles. The van der Waals surface area contributed by atoms with Gasteiger partial charge in [0.05, 0.1) is 34.7 Å². The summed E-state index contributed by atoms with van der Waals surface area (Å²) in [6.07, 6.45) is 4.79. The van der Waals surface area contributed by atoms with Crippen molar-refractivity contribution in [3.8, 4) is 5.69 Å². The number of aromatic nitrogens is 6. The Kier molecular flexibility index (Phi) is 6.07. The zero-order valence-corrected chi connectivity index (χ0v) is 20.5. The molecule has 0 unspecified atom stereocenters. The van der Waals surface area contributed by atoms with Crippen LogP contribution in [0.5, 0.6) is 0 Å². The van der Waals surface area contributed by atoms with E-state index in [9.17, 15) is 14.0 Å². The molecule has 36 heavy (non-hydrogen) atoms. The van der Waals surface area contributed by atoms with Crippen LogP contribution in [0.15, 0.2) is 64.6 Å². The number of fused-ring (bicyclic) bond motifs is 1. The van der Waals surface area contributed by atoms with Gasteiger partial charge in [0.2, 0.25) is 5.95 Å². The number of halogens is 3. The number of hydrogen-bond acceptors (Lipinski definition) is 6. The van der Waals surface area contributed by atoms with Gasteiger partial charge in [-0.15, -0.1) is 0 Å². The molecule has 0 radical (unpaired) electrons. The summed E-state index contributed by atoms with van der Waals surface area (Å²) >= 11 is 12.5. The van der Waals surface area contributed by atoms with Crippen LogP contribution < -0.4 is 16.7 Å². The van der Waals surface area contributed by atoms with E-state index in [1.807, 2.05) is 0 Å². The number of hydrogen-bond donors (Lipinski definition) is 1. The lowest BCUT2D eigenvalue weighted by atomic mass is 10.2. The summed E-state index contributed by atoms with van der Waals surface area (Å²) in [5, 5.41) is 8.57. The minimum absolute atomic E-state index is 0.0765. The number of pyridine rings is 1. The Morgan fingerprint density at radius 2 is 1.86 bits per heavy atom. The highest BCUT2D eigenvalue weighted by molar-refractivity contribution is 6.34. The van der Waals surface area contributed by atoms with Gasteiger partial charge >= 0.3 is 11.4 Å². The number of aryl methyl sites for hydroxylation is 2. The fourth-order valence-corrected chi connectivity index (χ4v) is 4.33. The molecule has 0 saturated carbocycles. The number of anilines is 2. The van der Waals surface area contributed by atoms with E-state index in [1.165, 1.54) is 22.9 Å². The van der Waals surface area contributed by atoms with Crippen molar-refractivity contribution in [1.29, 1.82) is 0 Å². The van der Waals surface area contributed by atoms with E-state index in [0.29, 0.717) is 21.8 Å². The van der Waals surface area contributed by atoms with Crippen LogP contribution in [-0.4, -0.2) is 28.9 Å². The standard InChI is InChI=1S/C24H18Cl2FN7O2/c1-13-3-18(10-28-9-13)34-23(35)30-22(29-21-6-15-12-32(2)31-20(15)8-19(21)26)33(24(34)36)11-14-4-16(25)7-17(27)5-14/h3-10,12H,11H2,1-2H3,(H,29,30,35). The van der Waals surface area contributed by atoms with E-state index in [0.717, 1.165) is 21.6 Å². The van der Waals surface area contributed by atoms with Crippen molar-refractivity contribution in [2.45, 2.75) is 13.5 Å². The Morgan fingerprint density at radius 1 is 1.06 bits per heavy atom. The van der Waals surface area contributed by atoms with Gasteiger partial charge in [0.15, 0.2) is 0 Å². The number of rotatable bonds is 5. The Bertz CT molecular complexity index is 1740. The summed E-state index contributed by atoms with van der Waals surface area (Å²) in [6, 6.07) is 8.97. The van der Waals surface area contributed by atoms with Gasteiger partial charge in [0.25, 0.3) is 0 Å². The largest absolute Gasteiger partial charge is 0.359 e. The highest BCUT2D eigenvalue weighted by atomic mass is 35.5. The molecule has 0 bridgehead atoms.